The maximum absolute atomic E-state index is 13.0. The molecule has 26 heavy (non-hydrogen) atoms. The van der Waals surface area contributed by atoms with Gasteiger partial charge in [-0.2, -0.15) is 26.9 Å². The van der Waals surface area contributed by atoms with Crippen LogP contribution in [0.15, 0.2) is 30.3 Å². The van der Waals surface area contributed by atoms with Crippen molar-refractivity contribution in [1.82, 2.24) is 9.97 Å². The predicted octanol–water partition coefficient (Wildman–Crippen LogP) is 3.63. The van der Waals surface area contributed by atoms with Gasteiger partial charge in [0.25, 0.3) is 0 Å². The Morgan fingerprint density at radius 3 is 2.38 bits per heavy atom. The second-order valence-corrected chi connectivity index (χ2v) is 4.99. The fourth-order valence-electron chi connectivity index (χ4n) is 1.88. The second kappa shape index (κ2) is 8.61. The molecule has 3 N–H and O–H groups in total. The maximum atomic E-state index is 13.0. The molecule has 0 atom stereocenters. The van der Waals surface area contributed by atoms with Crippen LogP contribution in [0.3, 0.4) is 0 Å². The van der Waals surface area contributed by atoms with Crippen molar-refractivity contribution in [1.29, 1.82) is 0 Å². The van der Waals surface area contributed by atoms with Gasteiger partial charge >= 0.3 is 12.8 Å². The third-order valence-corrected chi connectivity index (χ3v) is 2.99. The number of hydrogen-bond donors (Lipinski definition) is 3. The van der Waals surface area contributed by atoms with Crippen LogP contribution < -0.4 is 15.4 Å². The van der Waals surface area contributed by atoms with Crippen molar-refractivity contribution >= 4 is 17.5 Å². The van der Waals surface area contributed by atoms with Crippen LogP contribution in [-0.4, -0.2) is 34.8 Å². The Kier molecular flexibility index (Phi) is 6.50. The Hall–Kier alpha value is -2.69. The first-order chi connectivity index (χ1) is 12.3. The smallest absolute Gasteiger partial charge is 0.433 e. The molecule has 0 aliphatic rings. The van der Waals surface area contributed by atoms with Gasteiger partial charge < -0.3 is 20.5 Å². The summed E-state index contributed by atoms with van der Waals surface area (Å²) in [4.78, 5) is 7.31. The number of halogens is 5. The van der Waals surface area contributed by atoms with Crippen LogP contribution in [0.2, 0.25) is 0 Å². The number of benzene rings is 1. The van der Waals surface area contributed by atoms with E-state index in [0.29, 0.717) is 12.1 Å². The predicted molar refractivity (Wildman–Crippen MR) is 83.6 cm³/mol. The van der Waals surface area contributed by atoms with Crippen LogP contribution in [0.5, 0.6) is 5.75 Å². The van der Waals surface area contributed by atoms with Gasteiger partial charge in [-0.05, 0) is 30.7 Å². The number of alkyl halides is 5. The second-order valence-electron chi connectivity index (χ2n) is 4.99. The molecule has 0 aliphatic carbocycles. The normalized spacial score (nSPS) is 11.5. The molecule has 0 amide bonds. The summed E-state index contributed by atoms with van der Waals surface area (Å²) in [5, 5.41) is 14.0. The maximum Gasteiger partial charge on any atom is 0.433 e. The van der Waals surface area contributed by atoms with Crippen LogP contribution in [0, 0.1) is 0 Å². The van der Waals surface area contributed by atoms with E-state index >= 15 is 0 Å². The first-order valence-electron chi connectivity index (χ1n) is 7.41. The molecule has 2 rings (SSSR count). The Morgan fingerprint density at radius 1 is 1.12 bits per heavy atom. The van der Waals surface area contributed by atoms with Gasteiger partial charge in [0.2, 0.25) is 5.95 Å². The molecule has 2 aromatic rings. The molecule has 6 nitrogen and oxygen atoms in total. The number of ether oxygens (including phenoxy) is 1. The topological polar surface area (TPSA) is 79.3 Å². The number of aliphatic hydroxyl groups is 1. The van der Waals surface area contributed by atoms with E-state index in [2.05, 4.69) is 25.3 Å². The summed E-state index contributed by atoms with van der Waals surface area (Å²) in [5.41, 5.74) is -0.834. The molecule has 1 heterocycles. The van der Waals surface area contributed by atoms with Crippen molar-refractivity contribution in [3.05, 3.63) is 36.0 Å². The van der Waals surface area contributed by atoms with Crippen LogP contribution in [-0.2, 0) is 6.18 Å². The molecule has 0 saturated carbocycles. The zero-order valence-electron chi connectivity index (χ0n) is 13.2. The van der Waals surface area contributed by atoms with Crippen molar-refractivity contribution in [2.24, 2.45) is 0 Å². The van der Waals surface area contributed by atoms with E-state index in [1.54, 1.807) is 0 Å². The zero-order chi connectivity index (χ0) is 19.2. The van der Waals surface area contributed by atoms with Crippen molar-refractivity contribution in [3.8, 4) is 5.75 Å². The van der Waals surface area contributed by atoms with Gasteiger partial charge in [-0.3, -0.25) is 0 Å². The van der Waals surface area contributed by atoms with Crippen LogP contribution >= 0.6 is 0 Å². The average molecular weight is 378 g/mol. The average Bonchev–Trinajstić information content (AvgIpc) is 2.55. The quantitative estimate of drug-likeness (QED) is 0.481. The Bertz CT molecular complexity index is 710. The number of hydrogen-bond acceptors (Lipinski definition) is 6. The molecule has 1 aromatic carbocycles. The molecule has 11 heteroatoms. The van der Waals surface area contributed by atoms with E-state index in [-0.39, 0.29) is 30.7 Å². The number of rotatable bonds is 8. The van der Waals surface area contributed by atoms with E-state index < -0.39 is 18.5 Å². The highest BCUT2D eigenvalue weighted by atomic mass is 19.4. The van der Waals surface area contributed by atoms with Gasteiger partial charge in [0.15, 0.2) is 5.69 Å². The molecule has 142 valence electrons. The lowest BCUT2D eigenvalue weighted by Gasteiger charge is -2.13. The highest BCUT2D eigenvalue weighted by molar-refractivity contribution is 5.58. The largest absolute Gasteiger partial charge is 0.435 e. The van der Waals surface area contributed by atoms with E-state index in [9.17, 15) is 22.0 Å². The summed E-state index contributed by atoms with van der Waals surface area (Å²) in [6.07, 6.45) is -4.37. The minimum atomic E-state index is -4.68. The summed E-state index contributed by atoms with van der Waals surface area (Å²) < 4.78 is 67.3. The third kappa shape index (κ3) is 5.99. The van der Waals surface area contributed by atoms with E-state index in [1.807, 2.05) is 0 Å². The number of anilines is 3. The highest BCUT2D eigenvalue weighted by Crippen LogP contribution is 2.30. The minimum absolute atomic E-state index is 0.0874. The van der Waals surface area contributed by atoms with Gasteiger partial charge in [0, 0.05) is 24.9 Å². The first-order valence-corrected chi connectivity index (χ1v) is 7.41. The monoisotopic (exact) mass is 378 g/mol. The van der Waals surface area contributed by atoms with Crippen molar-refractivity contribution < 1.29 is 31.8 Å². The molecule has 0 aliphatic heterocycles. The summed E-state index contributed by atoms with van der Waals surface area (Å²) >= 11 is 0. The molecule has 0 radical (unpaired) electrons. The van der Waals surface area contributed by atoms with Gasteiger partial charge in [-0.25, -0.2) is 4.98 Å². The number of nitrogens with one attached hydrogen (secondary N) is 2. The highest BCUT2D eigenvalue weighted by Gasteiger charge is 2.33. The van der Waals surface area contributed by atoms with Crippen LogP contribution in [0.1, 0.15) is 12.1 Å². The molecular formula is C15H15F5N4O2. The summed E-state index contributed by atoms with van der Waals surface area (Å²) in [6, 6.07) is 5.90. The van der Waals surface area contributed by atoms with E-state index in [4.69, 9.17) is 5.11 Å². The fourth-order valence-corrected chi connectivity index (χ4v) is 1.88. The Labute approximate surface area is 145 Å². The first kappa shape index (κ1) is 19.6. The van der Waals surface area contributed by atoms with E-state index in [0.717, 1.165) is 6.07 Å². The summed E-state index contributed by atoms with van der Waals surface area (Å²) in [6.45, 7) is -2.92. The molecule has 0 fully saturated rings. The molecule has 1 aromatic heterocycles. The Balaban J connectivity index is 2.19. The van der Waals surface area contributed by atoms with Crippen LogP contribution in [0.25, 0.3) is 0 Å². The van der Waals surface area contributed by atoms with Crippen molar-refractivity contribution in [2.75, 3.05) is 23.8 Å². The van der Waals surface area contributed by atoms with Crippen molar-refractivity contribution in [3.63, 3.8) is 0 Å². The number of aliphatic hydroxyl groups excluding tert-OH is 1. The molecular weight excluding hydrogens is 363 g/mol. The molecule has 0 saturated heterocycles. The zero-order valence-corrected chi connectivity index (χ0v) is 13.2. The van der Waals surface area contributed by atoms with Crippen molar-refractivity contribution in [2.45, 2.75) is 19.2 Å². The fraction of sp³-hybridized carbons (Fsp3) is 0.333. The van der Waals surface area contributed by atoms with Gasteiger partial charge in [0.05, 0.1) is 0 Å². The molecule has 0 spiro atoms. The molecule has 0 unspecified atom stereocenters. The van der Waals surface area contributed by atoms with Gasteiger partial charge in [-0.1, -0.05) is 0 Å². The standard InChI is InChI=1S/C15H15F5N4O2/c16-13(17)26-10-4-2-9(3-5-10)22-12-8-11(15(18,19)20)23-14(24-12)21-6-1-7-25/h2-5,8,13,25H,1,6-7H2,(H2,21,22,23,24). The third-order valence-electron chi connectivity index (χ3n) is 2.99. The van der Waals surface area contributed by atoms with Gasteiger partial charge in [0.1, 0.15) is 11.6 Å². The Morgan fingerprint density at radius 2 is 1.81 bits per heavy atom. The molecule has 0 bridgehead atoms. The van der Waals surface area contributed by atoms with E-state index in [1.165, 1.54) is 24.3 Å². The summed E-state index contributed by atoms with van der Waals surface area (Å²) in [7, 11) is 0. The lowest BCUT2D eigenvalue weighted by molar-refractivity contribution is -0.141. The summed E-state index contributed by atoms with van der Waals surface area (Å²) in [5.74, 6) is -0.481. The number of aromatic nitrogens is 2. The SMILES string of the molecule is OCCCNc1nc(Nc2ccc(OC(F)F)cc2)cc(C(F)(F)F)n1. The van der Waals surface area contributed by atoms with Gasteiger partial charge in [-0.15, -0.1) is 0 Å². The lowest BCUT2D eigenvalue weighted by Crippen LogP contribution is -2.14. The number of nitrogens with zero attached hydrogens (tertiary/aromatic N) is 2. The minimum Gasteiger partial charge on any atom is -0.435 e. The van der Waals surface area contributed by atoms with Crippen LogP contribution in [0.4, 0.5) is 39.4 Å². The lowest BCUT2D eigenvalue weighted by atomic mass is 10.3.